The SMILES string of the molecule is COc1ccc(CC2(Cc3ccc(OC)cc3)C=Cc3c(cc(OC)c4ccccc34)O2)cc1. The van der Waals surface area contributed by atoms with Crippen LogP contribution in [0.4, 0.5) is 0 Å². The first-order valence-electron chi connectivity index (χ1n) is 11.4. The average Bonchev–Trinajstić information content (AvgIpc) is 2.89. The highest BCUT2D eigenvalue weighted by Gasteiger charge is 2.34. The smallest absolute Gasteiger partial charge is 0.135 e. The standard InChI is InChI=1S/C30H28O4/c1-31-23-12-8-21(9-13-23)19-30(20-22-10-14-24(32-2)15-11-22)17-16-27-25-6-4-5-7-26(25)28(33-3)18-29(27)34-30/h4-18H,19-20H2,1-3H3. The fourth-order valence-corrected chi connectivity index (χ4v) is 4.68. The topological polar surface area (TPSA) is 36.9 Å². The van der Waals surface area contributed by atoms with Gasteiger partial charge in [-0.2, -0.15) is 0 Å². The molecule has 0 N–H and O–H groups in total. The van der Waals surface area contributed by atoms with Gasteiger partial charge in [-0.3, -0.25) is 0 Å². The van der Waals surface area contributed by atoms with Crippen LogP contribution in [0.2, 0.25) is 0 Å². The Kier molecular flexibility index (Phi) is 5.89. The first-order chi connectivity index (χ1) is 16.6. The van der Waals surface area contributed by atoms with Crippen LogP contribution in [0.5, 0.6) is 23.0 Å². The Morgan fingerprint density at radius 1 is 0.676 bits per heavy atom. The van der Waals surface area contributed by atoms with Gasteiger partial charge >= 0.3 is 0 Å². The van der Waals surface area contributed by atoms with Crippen molar-refractivity contribution in [2.24, 2.45) is 0 Å². The molecule has 0 spiro atoms. The molecule has 0 atom stereocenters. The summed E-state index contributed by atoms with van der Waals surface area (Å²) in [6.45, 7) is 0. The third-order valence-corrected chi connectivity index (χ3v) is 6.42. The first-order valence-corrected chi connectivity index (χ1v) is 11.4. The molecule has 172 valence electrons. The Bertz CT molecular complexity index is 1270. The molecule has 4 nitrogen and oxygen atoms in total. The van der Waals surface area contributed by atoms with Gasteiger partial charge in [-0.25, -0.2) is 0 Å². The minimum Gasteiger partial charge on any atom is -0.497 e. The van der Waals surface area contributed by atoms with Gasteiger partial charge in [-0.1, -0.05) is 54.6 Å². The van der Waals surface area contributed by atoms with Gasteiger partial charge in [0.15, 0.2) is 0 Å². The summed E-state index contributed by atoms with van der Waals surface area (Å²) >= 11 is 0. The predicted octanol–water partition coefficient (Wildman–Crippen LogP) is 6.50. The van der Waals surface area contributed by atoms with Crippen LogP contribution in [-0.4, -0.2) is 26.9 Å². The van der Waals surface area contributed by atoms with E-state index >= 15 is 0 Å². The van der Waals surface area contributed by atoms with E-state index in [2.05, 4.69) is 48.6 Å². The number of ether oxygens (including phenoxy) is 4. The van der Waals surface area contributed by atoms with Crippen molar-refractivity contribution in [3.8, 4) is 23.0 Å². The largest absolute Gasteiger partial charge is 0.497 e. The van der Waals surface area contributed by atoms with Crippen LogP contribution in [0.3, 0.4) is 0 Å². The second-order valence-electron chi connectivity index (χ2n) is 8.59. The highest BCUT2D eigenvalue weighted by atomic mass is 16.5. The molecule has 0 fully saturated rings. The van der Waals surface area contributed by atoms with E-state index in [0.29, 0.717) is 12.8 Å². The van der Waals surface area contributed by atoms with Crippen molar-refractivity contribution in [2.45, 2.75) is 18.4 Å². The van der Waals surface area contributed by atoms with Crippen molar-refractivity contribution in [1.29, 1.82) is 0 Å². The Hall–Kier alpha value is -3.92. The van der Waals surface area contributed by atoms with Gasteiger partial charge < -0.3 is 18.9 Å². The monoisotopic (exact) mass is 452 g/mol. The summed E-state index contributed by atoms with van der Waals surface area (Å²) in [4.78, 5) is 0. The summed E-state index contributed by atoms with van der Waals surface area (Å²) < 4.78 is 23.3. The quantitative estimate of drug-likeness (QED) is 0.321. The molecule has 34 heavy (non-hydrogen) atoms. The van der Waals surface area contributed by atoms with Crippen LogP contribution >= 0.6 is 0 Å². The maximum absolute atomic E-state index is 6.86. The van der Waals surface area contributed by atoms with E-state index in [0.717, 1.165) is 39.3 Å². The Morgan fingerprint density at radius 3 is 1.76 bits per heavy atom. The highest BCUT2D eigenvalue weighted by molar-refractivity contribution is 5.97. The maximum Gasteiger partial charge on any atom is 0.135 e. The molecule has 0 radical (unpaired) electrons. The normalized spacial score (nSPS) is 13.7. The third kappa shape index (κ3) is 4.19. The van der Waals surface area contributed by atoms with Gasteiger partial charge in [0.05, 0.1) is 21.3 Å². The summed E-state index contributed by atoms with van der Waals surface area (Å²) in [5.41, 5.74) is 2.88. The van der Waals surface area contributed by atoms with E-state index in [4.69, 9.17) is 18.9 Å². The van der Waals surface area contributed by atoms with Crippen LogP contribution in [-0.2, 0) is 12.8 Å². The van der Waals surface area contributed by atoms with Gasteiger partial charge in [0.25, 0.3) is 0 Å². The summed E-state index contributed by atoms with van der Waals surface area (Å²) in [6.07, 6.45) is 5.85. The number of methoxy groups -OCH3 is 3. The van der Waals surface area contributed by atoms with E-state index in [9.17, 15) is 0 Å². The lowest BCUT2D eigenvalue weighted by atomic mass is 9.84. The van der Waals surface area contributed by atoms with Gasteiger partial charge in [0.1, 0.15) is 28.6 Å². The minimum atomic E-state index is -0.552. The van der Waals surface area contributed by atoms with E-state index in [1.807, 2.05) is 42.5 Å². The summed E-state index contributed by atoms with van der Waals surface area (Å²) in [6, 6.07) is 26.7. The van der Waals surface area contributed by atoms with E-state index < -0.39 is 5.60 Å². The molecular formula is C30H28O4. The van der Waals surface area contributed by atoms with E-state index in [1.54, 1.807) is 21.3 Å². The van der Waals surface area contributed by atoms with Crippen LogP contribution in [0.25, 0.3) is 16.8 Å². The maximum atomic E-state index is 6.86. The molecule has 0 unspecified atom stereocenters. The third-order valence-electron chi connectivity index (χ3n) is 6.42. The molecule has 1 heterocycles. The number of benzene rings is 4. The van der Waals surface area contributed by atoms with Crippen molar-refractivity contribution in [1.82, 2.24) is 0 Å². The molecule has 0 saturated heterocycles. The summed E-state index contributed by atoms with van der Waals surface area (Å²) in [5, 5.41) is 2.20. The molecule has 0 aliphatic carbocycles. The van der Waals surface area contributed by atoms with E-state index in [-0.39, 0.29) is 0 Å². The van der Waals surface area contributed by atoms with Crippen molar-refractivity contribution in [3.63, 3.8) is 0 Å². The molecule has 1 aliphatic heterocycles. The summed E-state index contributed by atoms with van der Waals surface area (Å²) in [5.74, 6) is 3.33. The average molecular weight is 453 g/mol. The van der Waals surface area contributed by atoms with Crippen molar-refractivity contribution in [2.75, 3.05) is 21.3 Å². The molecule has 5 rings (SSSR count). The summed E-state index contributed by atoms with van der Waals surface area (Å²) in [7, 11) is 5.07. The van der Waals surface area contributed by atoms with Crippen molar-refractivity contribution < 1.29 is 18.9 Å². The zero-order valence-electron chi connectivity index (χ0n) is 19.7. The Balaban J connectivity index is 1.57. The molecule has 0 amide bonds. The molecule has 4 aromatic carbocycles. The van der Waals surface area contributed by atoms with Crippen molar-refractivity contribution >= 4 is 16.8 Å². The fraction of sp³-hybridized carbons (Fsp3) is 0.200. The van der Waals surface area contributed by atoms with Gasteiger partial charge in [-0.05, 0) is 46.9 Å². The van der Waals surface area contributed by atoms with Crippen LogP contribution in [0.1, 0.15) is 16.7 Å². The molecule has 0 saturated carbocycles. The lowest BCUT2D eigenvalue weighted by molar-refractivity contribution is 0.117. The molecule has 4 heteroatoms. The van der Waals surface area contributed by atoms with Crippen LogP contribution < -0.4 is 18.9 Å². The van der Waals surface area contributed by atoms with Gasteiger partial charge in [0, 0.05) is 29.9 Å². The number of hydrogen-bond donors (Lipinski definition) is 0. The Labute approximate surface area is 200 Å². The van der Waals surface area contributed by atoms with Crippen LogP contribution in [0, 0.1) is 0 Å². The lowest BCUT2D eigenvalue weighted by Crippen LogP contribution is -2.40. The molecule has 1 aliphatic rings. The van der Waals surface area contributed by atoms with Gasteiger partial charge in [0.2, 0.25) is 0 Å². The van der Waals surface area contributed by atoms with Gasteiger partial charge in [-0.15, -0.1) is 0 Å². The molecule has 4 aromatic rings. The first kappa shape index (κ1) is 21.9. The lowest BCUT2D eigenvalue weighted by Gasteiger charge is -2.36. The number of rotatable bonds is 7. The molecule has 0 bridgehead atoms. The highest BCUT2D eigenvalue weighted by Crippen LogP contribution is 2.42. The molecular weight excluding hydrogens is 424 g/mol. The minimum absolute atomic E-state index is 0.552. The molecule has 0 aromatic heterocycles. The fourth-order valence-electron chi connectivity index (χ4n) is 4.68. The second kappa shape index (κ2) is 9.14. The number of fused-ring (bicyclic) bond motifs is 3. The zero-order valence-corrected chi connectivity index (χ0v) is 19.7. The van der Waals surface area contributed by atoms with Crippen molar-refractivity contribution in [3.05, 3.63) is 102 Å². The zero-order chi connectivity index (χ0) is 23.5. The van der Waals surface area contributed by atoms with Crippen LogP contribution in [0.15, 0.2) is 84.9 Å². The predicted molar refractivity (Wildman–Crippen MR) is 136 cm³/mol. The second-order valence-corrected chi connectivity index (χ2v) is 8.59. The Morgan fingerprint density at radius 2 is 1.24 bits per heavy atom. The van der Waals surface area contributed by atoms with E-state index in [1.165, 1.54) is 11.1 Å². The number of hydrogen-bond acceptors (Lipinski definition) is 4.